The van der Waals surface area contributed by atoms with Gasteiger partial charge in [-0.1, -0.05) is 0 Å². The fourth-order valence-electron chi connectivity index (χ4n) is 2.71. The number of amides is 1. The number of furan rings is 1. The van der Waals surface area contributed by atoms with Gasteiger partial charge in [-0.25, -0.2) is 0 Å². The van der Waals surface area contributed by atoms with Crippen molar-refractivity contribution in [3.8, 4) is 17.2 Å². The van der Waals surface area contributed by atoms with E-state index in [9.17, 15) is 4.79 Å². The van der Waals surface area contributed by atoms with E-state index in [2.05, 4.69) is 5.32 Å². The van der Waals surface area contributed by atoms with Gasteiger partial charge < -0.3 is 23.9 Å². The molecule has 1 aromatic carbocycles. The lowest BCUT2D eigenvalue weighted by Crippen LogP contribution is -2.27. The molecule has 0 bridgehead atoms. The molecule has 1 amide bonds. The van der Waals surface area contributed by atoms with Gasteiger partial charge in [0.05, 0.1) is 32.9 Å². The van der Waals surface area contributed by atoms with Crippen LogP contribution in [0.25, 0.3) is 0 Å². The van der Waals surface area contributed by atoms with E-state index >= 15 is 0 Å². The number of methoxy groups -OCH3 is 3. The number of ether oxygens (including phenoxy) is 3. The Labute approximate surface area is 141 Å². The molecule has 1 heterocycles. The number of carbonyl (C=O) groups excluding carboxylic acids is 1. The minimum Gasteiger partial charge on any atom is -0.493 e. The van der Waals surface area contributed by atoms with E-state index in [0.717, 1.165) is 17.1 Å². The molecule has 6 heteroatoms. The third kappa shape index (κ3) is 3.32. The van der Waals surface area contributed by atoms with Crippen LogP contribution in [0.1, 0.15) is 40.4 Å². The van der Waals surface area contributed by atoms with Gasteiger partial charge in [0.2, 0.25) is 5.75 Å². The molecular formula is C18H23NO5. The highest BCUT2D eigenvalue weighted by Gasteiger charge is 2.23. The first-order valence-electron chi connectivity index (χ1n) is 7.59. The highest BCUT2D eigenvalue weighted by molar-refractivity contribution is 5.98. The molecule has 0 unspecified atom stereocenters. The van der Waals surface area contributed by atoms with Gasteiger partial charge in [-0.05, 0) is 39.0 Å². The van der Waals surface area contributed by atoms with E-state index in [1.165, 1.54) is 21.3 Å². The molecule has 1 atom stereocenters. The quantitative estimate of drug-likeness (QED) is 0.877. The summed E-state index contributed by atoms with van der Waals surface area (Å²) in [6.45, 7) is 5.66. The summed E-state index contributed by atoms with van der Waals surface area (Å²) in [5.41, 5.74) is 1.32. The van der Waals surface area contributed by atoms with Crippen molar-refractivity contribution in [2.75, 3.05) is 21.3 Å². The molecule has 0 radical (unpaired) electrons. The number of hydrogen-bond donors (Lipinski definition) is 1. The zero-order chi connectivity index (χ0) is 17.9. The average molecular weight is 333 g/mol. The summed E-state index contributed by atoms with van der Waals surface area (Å²) in [5.74, 6) is 2.56. The maximum absolute atomic E-state index is 12.7. The van der Waals surface area contributed by atoms with Crippen LogP contribution in [0.3, 0.4) is 0 Å². The molecule has 2 aromatic rings. The van der Waals surface area contributed by atoms with Crippen molar-refractivity contribution in [3.63, 3.8) is 0 Å². The summed E-state index contributed by atoms with van der Waals surface area (Å²) in [6.07, 6.45) is 0. The number of nitrogens with one attached hydrogen (secondary N) is 1. The second kappa shape index (κ2) is 7.29. The van der Waals surface area contributed by atoms with Gasteiger partial charge in [0.15, 0.2) is 11.5 Å². The molecule has 0 aliphatic heterocycles. The minimum absolute atomic E-state index is 0.201. The first-order valence-corrected chi connectivity index (χ1v) is 7.59. The summed E-state index contributed by atoms with van der Waals surface area (Å²) >= 11 is 0. The van der Waals surface area contributed by atoms with Gasteiger partial charge in [-0.15, -0.1) is 0 Å². The SMILES string of the molecule is COc1ccc(C(=O)N[C@@H](C)c2cc(C)oc2C)c(OC)c1OC. The molecule has 2 rings (SSSR count). The van der Waals surface area contributed by atoms with Gasteiger partial charge in [0, 0.05) is 5.56 Å². The Bertz CT molecular complexity index is 735. The Balaban J connectivity index is 2.31. The number of carbonyl (C=O) groups is 1. The van der Waals surface area contributed by atoms with Gasteiger partial charge in [-0.3, -0.25) is 4.79 Å². The van der Waals surface area contributed by atoms with Crippen molar-refractivity contribution in [2.24, 2.45) is 0 Å². The highest BCUT2D eigenvalue weighted by atomic mass is 16.5. The van der Waals surface area contributed by atoms with E-state index in [1.807, 2.05) is 26.8 Å². The monoisotopic (exact) mass is 333 g/mol. The van der Waals surface area contributed by atoms with Crippen LogP contribution >= 0.6 is 0 Å². The second-order valence-corrected chi connectivity index (χ2v) is 5.45. The summed E-state index contributed by atoms with van der Waals surface area (Å²) in [5, 5.41) is 2.95. The zero-order valence-electron chi connectivity index (χ0n) is 14.9. The fourth-order valence-corrected chi connectivity index (χ4v) is 2.71. The smallest absolute Gasteiger partial charge is 0.255 e. The molecule has 0 spiro atoms. The van der Waals surface area contributed by atoms with E-state index < -0.39 is 0 Å². The normalized spacial score (nSPS) is 11.8. The third-order valence-electron chi connectivity index (χ3n) is 3.84. The van der Waals surface area contributed by atoms with Crippen molar-refractivity contribution in [1.82, 2.24) is 5.32 Å². The van der Waals surface area contributed by atoms with Gasteiger partial charge in [0.25, 0.3) is 5.91 Å². The molecule has 0 saturated heterocycles. The largest absolute Gasteiger partial charge is 0.493 e. The number of aryl methyl sites for hydroxylation is 2. The van der Waals surface area contributed by atoms with Crippen LogP contribution in [0.4, 0.5) is 0 Å². The van der Waals surface area contributed by atoms with Crippen LogP contribution in [0.2, 0.25) is 0 Å². The molecule has 0 saturated carbocycles. The standard InChI is InChI=1S/C18H23NO5/c1-10-9-14(12(3)24-10)11(2)19-18(20)13-7-8-15(21-4)17(23-6)16(13)22-5/h7-9,11H,1-6H3,(H,19,20)/t11-/m0/s1. The van der Waals surface area contributed by atoms with Crippen molar-refractivity contribution < 1.29 is 23.4 Å². The van der Waals surface area contributed by atoms with E-state index in [1.54, 1.807) is 12.1 Å². The molecule has 0 aliphatic rings. The molecule has 1 aromatic heterocycles. The maximum atomic E-state index is 12.7. The van der Waals surface area contributed by atoms with Crippen molar-refractivity contribution >= 4 is 5.91 Å². The summed E-state index contributed by atoms with van der Waals surface area (Å²) < 4.78 is 21.4. The Hall–Kier alpha value is -2.63. The van der Waals surface area contributed by atoms with Crippen LogP contribution in [0, 0.1) is 13.8 Å². The van der Waals surface area contributed by atoms with E-state index in [4.69, 9.17) is 18.6 Å². The number of benzene rings is 1. The summed E-state index contributed by atoms with van der Waals surface area (Å²) in [4.78, 5) is 12.7. The van der Waals surface area contributed by atoms with Crippen LogP contribution in [-0.4, -0.2) is 27.2 Å². The lowest BCUT2D eigenvalue weighted by molar-refractivity contribution is 0.0936. The van der Waals surface area contributed by atoms with Crippen LogP contribution < -0.4 is 19.5 Å². The number of hydrogen-bond acceptors (Lipinski definition) is 5. The van der Waals surface area contributed by atoms with Crippen molar-refractivity contribution in [1.29, 1.82) is 0 Å². The lowest BCUT2D eigenvalue weighted by Gasteiger charge is -2.17. The van der Waals surface area contributed by atoms with Crippen molar-refractivity contribution in [2.45, 2.75) is 26.8 Å². The van der Waals surface area contributed by atoms with E-state index in [0.29, 0.717) is 22.8 Å². The topological polar surface area (TPSA) is 69.9 Å². The molecule has 130 valence electrons. The van der Waals surface area contributed by atoms with Crippen LogP contribution in [0.15, 0.2) is 22.6 Å². The molecule has 24 heavy (non-hydrogen) atoms. The molecule has 0 fully saturated rings. The predicted molar refractivity (Wildman–Crippen MR) is 90.2 cm³/mol. The predicted octanol–water partition coefficient (Wildman–Crippen LogP) is 3.41. The highest BCUT2D eigenvalue weighted by Crippen LogP contribution is 2.39. The minimum atomic E-state index is -0.265. The van der Waals surface area contributed by atoms with Gasteiger partial charge in [0.1, 0.15) is 11.5 Å². The van der Waals surface area contributed by atoms with Crippen LogP contribution in [-0.2, 0) is 0 Å². The first-order chi connectivity index (χ1) is 11.4. The Kier molecular flexibility index (Phi) is 5.39. The summed E-state index contributed by atoms with van der Waals surface area (Å²) in [6, 6.07) is 5.04. The molecule has 1 N–H and O–H groups in total. The lowest BCUT2D eigenvalue weighted by atomic mass is 10.1. The average Bonchev–Trinajstić information content (AvgIpc) is 2.91. The summed E-state index contributed by atoms with van der Waals surface area (Å²) in [7, 11) is 4.52. The van der Waals surface area contributed by atoms with Gasteiger partial charge in [-0.2, -0.15) is 0 Å². The zero-order valence-corrected chi connectivity index (χ0v) is 14.9. The number of rotatable bonds is 6. The molecule has 6 nitrogen and oxygen atoms in total. The Morgan fingerprint density at radius 2 is 1.75 bits per heavy atom. The Morgan fingerprint density at radius 1 is 1.08 bits per heavy atom. The van der Waals surface area contributed by atoms with Crippen molar-refractivity contribution in [3.05, 3.63) is 40.8 Å². The fraction of sp³-hybridized carbons (Fsp3) is 0.389. The second-order valence-electron chi connectivity index (χ2n) is 5.45. The molecular weight excluding hydrogens is 310 g/mol. The molecule has 0 aliphatic carbocycles. The van der Waals surface area contributed by atoms with Crippen LogP contribution in [0.5, 0.6) is 17.2 Å². The Morgan fingerprint density at radius 3 is 2.25 bits per heavy atom. The maximum Gasteiger partial charge on any atom is 0.255 e. The van der Waals surface area contributed by atoms with Gasteiger partial charge >= 0.3 is 0 Å². The first kappa shape index (κ1) is 17.7. The third-order valence-corrected chi connectivity index (χ3v) is 3.84. The van der Waals surface area contributed by atoms with E-state index in [-0.39, 0.29) is 11.9 Å².